The molecule has 3 aromatic heterocycles. The summed E-state index contributed by atoms with van der Waals surface area (Å²) >= 11 is 6.49. The van der Waals surface area contributed by atoms with Gasteiger partial charge in [0.15, 0.2) is 0 Å². The van der Waals surface area contributed by atoms with Crippen LogP contribution in [0.3, 0.4) is 0 Å². The Morgan fingerprint density at radius 1 is 0.974 bits per heavy atom. The number of alkyl halides is 2. The molecule has 0 aliphatic rings. The Kier molecular flexibility index (Phi) is 7.58. The van der Waals surface area contributed by atoms with Crippen molar-refractivity contribution in [2.45, 2.75) is 26.3 Å². The molecular formula is C28H24ClF2N5O3. The monoisotopic (exact) mass is 551 g/mol. The van der Waals surface area contributed by atoms with Crippen molar-refractivity contribution >= 4 is 28.3 Å². The van der Waals surface area contributed by atoms with Gasteiger partial charge < -0.3 is 24.3 Å². The van der Waals surface area contributed by atoms with Crippen molar-refractivity contribution in [1.29, 1.82) is 0 Å². The number of pyridine rings is 2. The molecule has 3 heterocycles. The summed E-state index contributed by atoms with van der Waals surface area (Å²) in [5.41, 5.74) is 3.05. The van der Waals surface area contributed by atoms with Crippen molar-refractivity contribution in [2.75, 3.05) is 12.4 Å². The molecule has 0 fully saturated rings. The summed E-state index contributed by atoms with van der Waals surface area (Å²) in [6.07, 6.45) is 6.66. The van der Waals surface area contributed by atoms with Crippen LogP contribution in [0.5, 0.6) is 5.75 Å². The average molecular weight is 552 g/mol. The van der Waals surface area contributed by atoms with Gasteiger partial charge in [0.1, 0.15) is 10.9 Å². The van der Waals surface area contributed by atoms with Crippen LogP contribution in [0, 0.1) is 0 Å². The fourth-order valence-corrected chi connectivity index (χ4v) is 4.75. The predicted molar refractivity (Wildman–Crippen MR) is 145 cm³/mol. The summed E-state index contributed by atoms with van der Waals surface area (Å²) < 4.78 is 33.3. The van der Waals surface area contributed by atoms with E-state index in [9.17, 15) is 18.7 Å². The zero-order valence-electron chi connectivity index (χ0n) is 20.8. The lowest BCUT2D eigenvalue weighted by Crippen LogP contribution is -2.20. The lowest BCUT2D eigenvalue weighted by molar-refractivity contribution is -0.0498. The van der Waals surface area contributed by atoms with E-state index in [0.29, 0.717) is 45.5 Å². The Morgan fingerprint density at radius 2 is 1.77 bits per heavy atom. The lowest BCUT2D eigenvalue weighted by atomic mass is 9.96. The summed E-state index contributed by atoms with van der Waals surface area (Å²) in [5.74, 6) is 0.683. The van der Waals surface area contributed by atoms with E-state index in [1.807, 2.05) is 29.0 Å². The molecule has 0 saturated heterocycles. The molecule has 5 aromatic rings. The third kappa shape index (κ3) is 5.62. The van der Waals surface area contributed by atoms with Crippen LogP contribution >= 0.6 is 11.6 Å². The van der Waals surface area contributed by atoms with Crippen LogP contribution < -0.4 is 15.6 Å². The number of ether oxygens (including phenoxy) is 1. The molecule has 2 N–H and O–H groups in total. The van der Waals surface area contributed by atoms with E-state index >= 15 is 0 Å². The van der Waals surface area contributed by atoms with Crippen molar-refractivity contribution in [2.24, 2.45) is 0 Å². The van der Waals surface area contributed by atoms with Crippen LogP contribution in [0.15, 0.2) is 78.1 Å². The molecule has 200 valence electrons. The number of aliphatic hydroxyl groups is 1. The van der Waals surface area contributed by atoms with Crippen molar-refractivity contribution in [3.8, 4) is 16.9 Å². The number of nitrogens with one attached hydrogen (secondary N) is 1. The van der Waals surface area contributed by atoms with Crippen LogP contribution in [0.4, 0.5) is 14.7 Å². The molecule has 0 bridgehead atoms. The van der Waals surface area contributed by atoms with Gasteiger partial charge in [-0.05, 0) is 64.0 Å². The lowest BCUT2D eigenvalue weighted by Gasteiger charge is -2.15. The highest BCUT2D eigenvalue weighted by molar-refractivity contribution is 6.32. The van der Waals surface area contributed by atoms with Crippen LogP contribution in [0.25, 0.3) is 21.9 Å². The van der Waals surface area contributed by atoms with Crippen molar-refractivity contribution in [3.63, 3.8) is 0 Å². The Bertz CT molecular complexity index is 1700. The second-order valence-corrected chi connectivity index (χ2v) is 9.21. The maximum atomic E-state index is 13.8. The molecule has 8 nitrogen and oxygen atoms in total. The molecule has 0 unspecified atom stereocenters. The molecule has 0 aliphatic heterocycles. The molecule has 0 atom stereocenters. The first-order chi connectivity index (χ1) is 18.9. The van der Waals surface area contributed by atoms with Gasteiger partial charge in [-0.1, -0.05) is 23.7 Å². The number of halogens is 3. The smallest absolute Gasteiger partial charge is 0.387 e. The summed E-state index contributed by atoms with van der Waals surface area (Å²) in [6.45, 7) is -2.57. The zero-order chi connectivity index (χ0) is 27.5. The third-order valence-corrected chi connectivity index (χ3v) is 6.59. The number of hydrogen-bond donors (Lipinski definition) is 2. The van der Waals surface area contributed by atoms with Gasteiger partial charge >= 0.3 is 6.61 Å². The molecule has 39 heavy (non-hydrogen) atoms. The first kappa shape index (κ1) is 26.3. The highest BCUT2D eigenvalue weighted by Gasteiger charge is 2.16. The summed E-state index contributed by atoms with van der Waals surface area (Å²) in [4.78, 5) is 22.3. The Labute approximate surface area is 227 Å². The quantitative estimate of drug-likeness (QED) is 0.246. The van der Waals surface area contributed by atoms with Crippen molar-refractivity contribution < 1.29 is 18.6 Å². The van der Waals surface area contributed by atoms with Crippen molar-refractivity contribution in [3.05, 3.63) is 106 Å². The maximum absolute atomic E-state index is 13.8. The number of hydrogen-bond acceptors (Lipinski definition) is 6. The highest BCUT2D eigenvalue weighted by Crippen LogP contribution is 2.34. The van der Waals surface area contributed by atoms with Crippen LogP contribution in [-0.4, -0.2) is 37.9 Å². The van der Waals surface area contributed by atoms with Crippen molar-refractivity contribution in [1.82, 2.24) is 19.1 Å². The van der Waals surface area contributed by atoms with E-state index in [0.717, 1.165) is 5.56 Å². The van der Waals surface area contributed by atoms with E-state index in [1.165, 1.54) is 22.9 Å². The number of benzene rings is 2. The summed E-state index contributed by atoms with van der Waals surface area (Å²) in [6, 6.07) is 13.6. The topological polar surface area (TPSA) is 94.2 Å². The van der Waals surface area contributed by atoms with Gasteiger partial charge in [-0.3, -0.25) is 4.79 Å². The van der Waals surface area contributed by atoms with Gasteiger partial charge in [-0.15, -0.1) is 0 Å². The molecular weight excluding hydrogens is 528 g/mol. The number of rotatable bonds is 9. The molecule has 0 radical (unpaired) electrons. The number of fused-ring (bicyclic) bond motifs is 1. The molecule has 0 amide bonds. The first-order valence-corrected chi connectivity index (χ1v) is 12.4. The molecule has 0 aliphatic carbocycles. The maximum Gasteiger partial charge on any atom is 0.387 e. The van der Waals surface area contributed by atoms with Gasteiger partial charge in [-0.2, -0.15) is 8.78 Å². The fourth-order valence-electron chi connectivity index (χ4n) is 4.54. The first-order valence-electron chi connectivity index (χ1n) is 12.0. The third-order valence-electron chi connectivity index (χ3n) is 6.29. The Hall–Kier alpha value is -4.28. The van der Waals surface area contributed by atoms with E-state index < -0.39 is 6.61 Å². The van der Waals surface area contributed by atoms with E-state index in [4.69, 9.17) is 11.6 Å². The van der Waals surface area contributed by atoms with E-state index in [2.05, 4.69) is 20.0 Å². The highest BCUT2D eigenvalue weighted by atomic mass is 35.5. The average Bonchev–Trinajstić information content (AvgIpc) is 3.37. The number of aromatic nitrogens is 4. The fraction of sp³-hybridized carbons (Fsp3) is 0.179. The summed E-state index contributed by atoms with van der Waals surface area (Å²) in [5, 5.41) is 14.1. The van der Waals surface area contributed by atoms with Gasteiger partial charge in [0.2, 0.25) is 5.95 Å². The normalized spacial score (nSPS) is 11.3. The summed E-state index contributed by atoms with van der Waals surface area (Å²) in [7, 11) is 1.77. The Balaban J connectivity index is 1.65. The second-order valence-electron chi connectivity index (χ2n) is 8.85. The van der Waals surface area contributed by atoms with E-state index in [-0.39, 0.29) is 29.6 Å². The van der Waals surface area contributed by atoms with E-state index in [1.54, 1.807) is 37.6 Å². The van der Waals surface area contributed by atoms with Gasteiger partial charge in [0.05, 0.1) is 19.7 Å². The van der Waals surface area contributed by atoms with Crippen LogP contribution in [0.2, 0.25) is 5.15 Å². The van der Waals surface area contributed by atoms with Crippen LogP contribution in [0.1, 0.15) is 16.7 Å². The number of nitrogens with zero attached hydrogens (tertiary/aromatic N) is 4. The molecule has 0 spiro atoms. The molecule has 11 heteroatoms. The number of aliphatic hydroxyl groups excluding tert-OH is 1. The van der Waals surface area contributed by atoms with Gasteiger partial charge in [0.25, 0.3) is 5.56 Å². The molecule has 5 rings (SSSR count). The zero-order valence-corrected chi connectivity index (χ0v) is 21.6. The van der Waals surface area contributed by atoms with Gasteiger partial charge in [-0.25, -0.2) is 9.97 Å². The molecule has 2 aromatic carbocycles. The van der Waals surface area contributed by atoms with Gasteiger partial charge in [0, 0.05) is 42.8 Å². The largest absolute Gasteiger partial charge is 0.435 e. The minimum atomic E-state index is -2.94. The number of imidazole rings is 1. The SMILES string of the molecule is CNc1nccn1Cc1cc(-c2cc(CO)cnc2Cl)c2ccn(Cc3cccc(OC(F)F)c3)c(=O)c2c1. The second kappa shape index (κ2) is 11.2. The van der Waals surface area contributed by atoms with Crippen LogP contribution in [-0.2, 0) is 19.7 Å². The minimum absolute atomic E-state index is 0.0208. The Morgan fingerprint density at radius 3 is 2.54 bits per heavy atom. The predicted octanol–water partition coefficient (Wildman–Crippen LogP) is 5.15. The molecule has 0 saturated carbocycles. The minimum Gasteiger partial charge on any atom is -0.435 e. The number of anilines is 1. The standard InChI is InChI=1S/C28H24ClF2N5O3/c1-32-28-33-6-8-36(28)15-18-10-22(23-12-19(16-37)13-34-25(23)29)21-5-7-35(26(38)24(21)11-18)14-17-3-2-4-20(9-17)39-27(30)31/h2-13,27,37H,14-16H2,1H3,(H,32,33).